The van der Waals surface area contributed by atoms with Crippen LogP contribution in [0.25, 0.3) is 0 Å². The van der Waals surface area contributed by atoms with E-state index in [0.29, 0.717) is 0 Å². The monoisotopic (exact) mass is 308 g/mol. The molecular formula is C13H17BrN4. The maximum atomic E-state index is 5.66. The van der Waals surface area contributed by atoms with E-state index >= 15 is 0 Å². The van der Waals surface area contributed by atoms with Crippen LogP contribution in [0.15, 0.2) is 41.1 Å². The van der Waals surface area contributed by atoms with Crippen molar-refractivity contribution in [2.24, 2.45) is 5.84 Å². The van der Waals surface area contributed by atoms with Gasteiger partial charge in [-0.25, -0.2) is 4.98 Å². The summed E-state index contributed by atoms with van der Waals surface area (Å²) in [6.07, 6.45) is 4.59. The highest BCUT2D eigenvalue weighted by molar-refractivity contribution is 9.10. The minimum atomic E-state index is 0.0650. The van der Waals surface area contributed by atoms with Gasteiger partial charge in [0.25, 0.3) is 0 Å². The minimum absolute atomic E-state index is 0.0650. The fraction of sp³-hybridized carbons (Fsp3) is 0.308. The molecule has 1 heterocycles. The molecule has 0 spiro atoms. The summed E-state index contributed by atoms with van der Waals surface area (Å²) in [4.78, 5) is 4.38. The summed E-state index contributed by atoms with van der Waals surface area (Å²) in [7, 11) is 0. The van der Waals surface area contributed by atoms with Gasteiger partial charge in [0.2, 0.25) is 0 Å². The fourth-order valence-electron chi connectivity index (χ4n) is 2.00. The number of nitrogens with two attached hydrogens (primary N) is 1. The molecule has 4 nitrogen and oxygen atoms in total. The first-order valence-electron chi connectivity index (χ1n) is 5.96. The van der Waals surface area contributed by atoms with E-state index < -0.39 is 0 Å². The first kappa shape index (κ1) is 13.3. The topological polar surface area (TPSA) is 55.9 Å². The van der Waals surface area contributed by atoms with Crippen LogP contribution in [0, 0.1) is 0 Å². The van der Waals surface area contributed by atoms with Gasteiger partial charge in [-0.2, -0.15) is 0 Å². The Morgan fingerprint density at radius 2 is 2.33 bits per heavy atom. The first-order chi connectivity index (χ1) is 8.74. The van der Waals surface area contributed by atoms with Crippen LogP contribution >= 0.6 is 15.9 Å². The maximum absolute atomic E-state index is 5.66. The van der Waals surface area contributed by atoms with Crippen LogP contribution < -0.4 is 11.3 Å². The Morgan fingerprint density at radius 1 is 1.50 bits per heavy atom. The molecule has 1 aromatic carbocycles. The number of hydrazine groups is 1. The van der Waals surface area contributed by atoms with Gasteiger partial charge in [-0.1, -0.05) is 28.1 Å². The van der Waals surface area contributed by atoms with Crippen molar-refractivity contribution in [3.8, 4) is 0 Å². The summed E-state index contributed by atoms with van der Waals surface area (Å²) in [6, 6.07) is 8.22. The third-order valence-corrected chi connectivity index (χ3v) is 3.47. The van der Waals surface area contributed by atoms with E-state index in [-0.39, 0.29) is 6.04 Å². The molecule has 1 unspecified atom stereocenters. The normalized spacial score (nSPS) is 12.6. The molecule has 0 saturated carbocycles. The van der Waals surface area contributed by atoms with E-state index in [1.807, 2.05) is 24.5 Å². The van der Waals surface area contributed by atoms with E-state index in [4.69, 9.17) is 5.84 Å². The fourth-order valence-corrected chi connectivity index (χ4v) is 2.41. The van der Waals surface area contributed by atoms with Gasteiger partial charge in [-0.05, 0) is 24.6 Å². The Kier molecular flexibility index (Phi) is 4.52. The van der Waals surface area contributed by atoms with Crippen molar-refractivity contribution in [2.45, 2.75) is 25.9 Å². The first-order valence-corrected chi connectivity index (χ1v) is 6.75. The number of hydrogen-bond donors (Lipinski definition) is 2. The molecule has 2 aromatic rings. The number of halogens is 1. The van der Waals surface area contributed by atoms with Crippen LogP contribution in [-0.2, 0) is 13.0 Å². The predicted octanol–water partition coefficient (Wildman–Crippen LogP) is 2.41. The summed E-state index contributed by atoms with van der Waals surface area (Å²) in [5.41, 5.74) is 4.01. The van der Waals surface area contributed by atoms with Gasteiger partial charge in [0.05, 0.1) is 6.04 Å². The second-order valence-electron chi connectivity index (χ2n) is 4.11. The van der Waals surface area contributed by atoms with Gasteiger partial charge >= 0.3 is 0 Å². The largest absolute Gasteiger partial charge is 0.335 e. The number of hydrogen-bond acceptors (Lipinski definition) is 3. The molecule has 0 bridgehead atoms. The number of nitrogens with zero attached hydrogens (tertiary/aromatic N) is 2. The lowest BCUT2D eigenvalue weighted by atomic mass is 10.0. The van der Waals surface area contributed by atoms with E-state index in [9.17, 15) is 0 Å². The van der Waals surface area contributed by atoms with Crippen LogP contribution in [0.4, 0.5) is 0 Å². The number of aryl methyl sites for hydroxylation is 1. The number of nitrogens with one attached hydrogen (secondary N) is 1. The highest BCUT2D eigenvalue weighted by Crippen LogP contribution is 2.20. The van der Waals surface area contributed by atoms with Crippen molar-refractivity contribution in [1.29, 1.82) is 0 Å². The van der Waals surface area contributed by atoms with E-state index in [2.05, 4.69) is 50.0 Å². The van der Waals surface area contributed by atoms with E-state index in [1.54, 1.807) is 0 Å². The molecular weight excluding hydrogens is 292 g/mol. The number of benzene rings is 1. The SMILES string of the molecule is CCn1ccnc1CC(NN)c1cccc(Br)c1. The molecule has 0 aliphatic heterocycles. The Morgan fingerprint density at radius 3 is 3.00 bits per heavy atom. The maximum Gasteiger partial charge on any atom is 0.110 e. The van der Waals surface area contributed by atoms with Crippen LogP contribution in [0.1, 0.15) is 24.4 Å². The zero-order valence-electron chi connectivity index (χ0n) is 10.3. The van der Waals surface area contributed by atoms with E-state index in [1.165, 1.54) is 0 Å². The highest BCUT2D eigenvalue weighted by Gasteiger charge is 2.13. The molecule has 2 rings (SSSR count). The Hall–Kier alpha value is -1.17. The van der Waals surface area contributed by atoms with Crippen molar-refractivity contribution in [3.05, 3.63) is 52.5 Å². The summed E-state index contributed by atoms with van der Waals surface area (Å²) >= 11 is 3.48. The van der Waals surface area contributed by atoms with Crippen LogP contribution in [-0.4, -0.2) is 9.55 Å². The molecule has 1 aromatic heterocycles. The van der Waals surface area contributed by atoms with E-state index in [0.717, 1.165) is 28.8 Å². The molecule has 18 heavy (non-hydrogen) atoms. The minimum Gasteiger partial charge on any atom is -0.335 e. The third-order valence-electron chi connectivity index (χ3n) is 2.98. The second kappa shape index (κ2) is 6.13. The molecule has 1 atom stereocenters. The zero-order valence-corrected chi connectivity index (χ0v) is 11.9. The lowest BCUT2D eigenvalue weighted by molar-refractivity contribution is 0.523. The average molecular weight is 309 g/mol. The number of aromatic nitrogens is 2. The molecule has 0 amide bonds. The lowest BCUT2D eigenvalue weighted by Crippen LogP contribution is -2.30. The molecule has 0 aliphatic rings. The third kappa shape index (κ3) is 2.98. The molecule has 0 saturated heterocycles. The number of rotatable bonds is 5. The van der Waals surface area contributed by atoms with Crippen molar-refractivity contribution >= 4 is 15.9 Å². The highest BCUT2D eigenvalue weighted by atomic mass is 79.9. The van der Waals surface area contributed by atoms with Crippen molar-refractivity contribution in [2.75, 3.05) is 0 Å². The van der Waals surface area contributed by atoms with Crippen molar-refractivity contribution in [1.82, 2.24) is 15.0 Å². The van der Waals surface area contributed by atoms with Gasteiger partial charge in [-0.3, -0.25) is 11.3 Å². The lowest BCUT2D eigenvalue weighted by Gasteiger charge is -2.17. The molecule has 0 fully saturated rings. The van der Waals surface area contributed by atoms with Crippen LogP contribution in [0.5, 0.6) is 0 Å². The van der Waals surface area contributed by atoms with Crippen molar-refractivity contribution < 1.29 is 0 Å². The molecule has 3 N–H and O–H groups in total. The molecule has 5 heteroatoms. The van der Waals surface area contributed by atoms with Gasteiger partial charge in [0.15, 0.2) is 0 Å². The smallest absolute Gasteiger partial charge is 0.110 e. The summed E-state index contributed by atoms with van der Waals surface area (Å²) in [5, 5.41) is 0. The van der Waals surface area contributed by atoms with Gasteiger partial charge < -0.3 is 4.57 Å². The molecule has 0 aliphatic carbocycles. The molecule has 96 valence electrons. The standard InChI is InChI=1S/C13H17BrN4/c1-2-18-7-6-16-13(18)9-12(17-15)10-4-3-5-11(14)8-10/h3-8,12,17H,2,9,15H2,1H3. The second-order valence-corrected chi connectivity index (χ2v) is 5.02. The summed E-state index contributed by atoms with van der Waals surface area (Å²) in [6.45, 7) is 3.03. The predicted molar refractivity (Wildman–Crippen MR) is 75.8 cm³/mol. The van der Waals surface area contributed by atoms with Crippen molar-refractivity contribution in [3.63, 3.8) is 0 Å². The number of imidazole rings is 1. The van der Waals surface area contributed by atoms with Gasteiger partial charge in [-0.15, -0.1) is 0 Å². The Balaban J connectivity index is 2.20. The quantitative estimate of drug-likeness (QED) is 0.659. The van der Waals surface area contributed by atoms with Gasteiger partial charge in [0, 0.05) is 29.8 Å². The van der Waals surface area contributed by atoms with Crippen LogP contribution in [0.3, 0.4) is 0 Å². The molecule has 0 radical (unpaired) electrons. The Labute approximate surface area is 115 Å². The summed E-state index contributed by atoms with van der Waals surface area (Å²) < 4.78 is 3.18. The Bertz CT molecular complexity index is 509. The summed E-state index contributed by atoms with van der Waals surface area (Å²) in [5.74, 6) is 6.70. The van der Waals surface area contributed by atoms with Crippen LogP contribution in [0.2, 0.25) is 0 Å². The van der Waals surface area contributed by atoms with Gasteiger partial charge in [0.1, 0.15) is 5.82 Å². The zero-order chi connectivity index (χ0) is 13.0. The average Bonchev–Trinajstić information content (AvgIpc) is 2.83.